The minimum Gasteiger partial charge on any atom is -0.493 e. The number of aromatic amines is 1. The standard InChI is InChI=1S/C20H29N5O5S/c1-12(2)10-14(22-17(28)13-6-4-3-5-7-13)16(27)18-23-24-20(30-18)31-9-8-25-15(26)11-21-19(25)29/h11-14,26H,3-10H2,1-2H3,(H,21,29)(H,22,28)/t14-/m0/s1. The SMILES string of the molecule is CC(C)C[C@H](NC(=O)C1CCCCC1)C(=O)c1nnc(SCCn2c(O)c[nH]c2=O)o1. The summed E-state index contributed by atoms with van der Waals surface area (Å²) in [6.07, 6.45) is 6.64. The third kappa shape index (κ3) is 6.22. The molecule has 0 unspecified atom stereocenters. The summed E-state index contributed by atoms with van der Waals surface area (Å²) < 4.78 is 6.67. The lowest BCUT2D eigenvalue weighted by molar-refractivity contribution is -0.126. The molecule has 1 fully saturated rings. The zero-order chi connectivity index (χ0) is 22.4. The molecule has 3 N–H and O–H groups in total. The van der Waals surface area contributed by atoms with Crippen LogP contribution < -0.4 is 11.0 Å². The summed E-state index contributed by atoms with van der Waals surface area (Å²) in [6, 6.07) is -0.705. The van der Waals surface area contributed by atoms with E-state index < -0.39 is 17.5 Å². The molecule has 0 aromatic carbocycles. The number of Topliss-reactive ketones (excluding diaryl/α,β-unsaturated/α-hetero) is 1. The van der Waals surface area contributed by atoms with Gasteiger partial charge < -0.3 is 19.8 Å². The summed E-state index contributed by atoms with van der Waals surface area (Å²) in [5.41, 5.74) is -0.412. The Morgan fingerprint density at radius 1 is 1.32 bits per heavy atom. The number of aromatic hydroxyl groups is 1. The average molecular weight is 452 g/mol. The maximum absolute atomic E-state index is 13.0. The van der Waals surface area contributed by atoms with E-state index in [1.165, 1.54) is 22.5 Å². The van der Waals surface area contributed by atoms with E-state index in [1.807, 2.05) is 13.8 Å². The lowest BCUT2D eigenvalue weighted by atomic mass is 9.88. The number of H-pyrrole nitrogens is 1. The molecule has 2 aromatic rings. The highest BCUT2D eigenvalue weighted by atomic mass is 32.2. The van der Waals surface area contributed by atoms with Gasteiger partial charge in [0, 0.05) is 18.2 Å². The minimum absolute atomic E-state index is 0.0433. The molecular weight excluding hydrogens is 422 g/mol. The number of ketones is 1. The zero-order valence-corrected chi connectivity index (χ0v) is 18.6. The molecule has 0 spiro atoms. The first-order valence-electron chi connectivity index (χ1n) is 10.6. The lowest BCUT2D eigenvalue weighted by Gasteiger charge is -2.24. The largest absolute Gasteiger partial charge is 0.493 e. The Hall–Kier alpha value is -2.56. The van der Waals surface area contributed by atoms with Gasteiger partial charge in [0.2, 0.25) is 17.6 Å². The van der Waals surface area contributed by atoms with Gasteiger partial charge in [-0.2, -0.15) is 0 Å². The van der Waals surface area contributed by atoms with Crippen LogP contribution >= 0.6 is 11.8 Å². The van der Waals surface area contributed by atoms with Gasteiger partial charge in [0.15, 0.2) is 0 Å². The number of nitrogens with one attached hydrogen (secondary N) is 2. The van der Waals surface area contributed by atoms with Gasteiger partial charge in [0.25, 0.3) is 11.1 Å². The lowest BCUT2D eigenvalue weighted by Crippen LogP contribution is -2.45. The quantitative estimate of drug-likeness (QED) is 0.369. The Morgan fingerprint density at radius 3 is 2.71 bits per heavy atom. The second kappa shape index (κ2) is 10.7. The Bertz CT molecular complexity index is 944. The van der Waals surface area contributed by atoms with Crippen molar-refractivity contribution in [3.63, 3.8) is 0 Å². The summed E-state index contributed by atoms with van der Waals surface area (Å²) in [5.74, 6) is -0.227. The predicted octanol–water partition coefficient (Wildman–Crippen LogP) is 2.35. The van der Waals surface area contributed by atoms with E-state index in [0.29, 0.717) is 12.2 Å². The van der Waals surface area contributed by atoms with Crippen LogP contribution in [0.1, 0.15) is 63.1 Å². The highest BCUT2D eigenvalue weighted by Gasteiger charge is 2.30. The van der Waals surface area contributed by atoms with Crippen molar-refractivity contribution in [2.75, 3.05) is 5.75 Å². The number of hydrogen-bond acceptors (Lipinski definition) is 8. The van der Waals surface area contributed by atoms with Crippen LogP contribution in [0, 0.1) is 11.8 Å². The number of rotatable bonds is 10. The number of amides is 1. The van der Waals surface area contributed by atoms with Crippen LogP contribution in [-0.4, -0.2) is 48.3 Å². The van der Waals surface area contributed by atoms with Gasteiger partial charge in [-0.25, -0.2) is 4.79 Å². The number of hydrogen-bond donors (Lipinski definition) is 3. The van der Waals surface area contributed by atoms with E-state index in [9.17, 15) is 19.5 Å². The molecular formula is C20H29N5O5S. The van der Waals surface area contributed by atoms with Crippen LogP contribution in [0.25, 0.3) is 0 Å². The highest BCUT2D eigenvalue weighted by Crippen LogP contribution is 2.24. The molecule has 0 radical (unpaired) electrons. The number of nitrogens with zero attached hydrogens (tertiary/aromatic N) is 3. The van der Waals surface area contributed by atoms with Crippen molar-refractivity contribution < 1.29 is 19.1 Å². The fraction of sp³-hybridized carbons (Fsp3) is 0.650. The van der Waals surface area contributed by atoms with Crippen molar-refractivity contribution in [1.29, 1.82) is 0 Å². The molecule has 10 nitrogen and oxygen atoms in total. The summed E-state index contributed by atoms with van der Waals surface area (Å²) in [4.78, 5) is 39.6. The van der Waals surface area contributed by atoms with Crippen LogP contribution in [0.15, 0.2) is 20.6 Å². The Kier molecular flexibility index (Phi) is 7.94. The maximum Gasteiger partial charge on any atom is 0.328 e. The third-order valence-corrected chi connectivity index (χ3v) is 6.12. The van der Waals surface area contributed by atoms with Gasteiger partial charge >= 0.3 is 5.69 Å². The third-order valence-electron chi connectivity index (χ3n) is 5.32. The smallest absolute Gasteiger partial charge is 0.328 e. The average Bonchev–Trinajstić information content (AvgIpc) is 3.35. The molecule has 1 saturated carbocycles. The molecule has 1 amide bonds. The van der Waals surface area contributed by atoms with Crippen molar-refractivity contribution in [3.05, 3.63) is 22.6 Å². The Morgan fingerprint density at radius 2 is 2.06 bits per heavy atom. The van der Waals surface area contributed by atoms with Crippen LogP contribution in [0.4, 0.5) is 0 Å². The molecule has 0 saturated heterocycles. The fourth-order valence-corrected chi connectivity index (χ4v) is 4.39. The van der Waals surface area contributed by atoms with E-state index in [1.54, 1.807) is 0 Å². The summed E-state index contributed by atoms with van der Waals surface area (Å²) in [5, 5.41) is 20.4. The fourth-order valence-electron chi connectivity index (χ4n) is 3.70. The van der Waals surface area contributed by atoms with Crippen molar-refractivity contribution in [1.82, 2.24) is 25.1 Å². The minimum atomic E-state index is -0.705. The van der Waals surface area contributed by atoms with Crippen molar-refractivity contribution in [3.8, 4) is 5.88 Å². The Balaban J connectivity index is 1.59. The zero-order valence-electron chi connectivity index (χ0n) is 17.8. The number of imidazole rings is 1. The Labute approximate surface area is 184 Å². The molecule has 1 atom stereocenters. The molecule has 0 bridgehead atoms. The van der Waals surface area contributed by atoms with E-state index in [2.05, 4.69) is 20.5 Å². The second-order valence-corrected chi connectivity index (χ2v) is 9.26. The van der Waals surface area contributed by atoms with E-state index >= 15 is 0 Å². The van der Waals surface area contributed by atoms with Gasteiger partial charge in [-0.15, -0.1) is 10.2 Å². The van der Waals surface area contributed by atoms with Gasteiger partial charge in [-0.1, -0.05) is 44.9 Å². The molecule has 2 heterocycles. The van der Waals surface area contributed by atoms with Crippen LogP contribution in [0.5, 0.6) is 5.88 Å². The molecule has 2 aromatic heterocycles. The molecule has 3 rings (SSSR count). The van der Waals surface area contributed by atoms with Crippen molar-refractivity contribution in [2.24, 2.45) is 11.8 Å². The summed E-state index contributed by atoms with van der Waals surface area (Å²) >= 11 is 1.17. The topological polar surface area (TPSA) is 143 Å². The highest BCUT2D eigenvalue weighted by molar-refractivity contribution is 7.99. The number of carbonyl (C=O) groups is 2. The second-order valence-electron chi connectivity index (χ2n) is 8.22. The van der Waals surface area contributed by atoms with Crippen LogP contribution in [0.2, 0.25) is 0 Å². The van der Waals surface area contributed by atoms with Crippen LogP contribution in [-0.2, 0) is 11.3 Å². The molecule has 31 heavy (non-hydrogen) atoms. The van der Waals surface area contributed by atoms with Gasteiger partial charge in [-0.05, 0) is 25.2 Å². The van der Waals surface area contributed by atoms with Gasteiger partial charge in [0.05, 0.1) is 12.2 Å². The van der Waals surface area contributed by atoms with Crippen LogP contribution in [0.3, 0.4) is 0 Å². The molecule has 0 aliphatic heterocycles. The first-order valence-corrected chi connectivity index (χ1v) is 11.6. The molecule has 1 aliphatic carbocycles. The van der Waals surface area contributed by atoms with E-state index in [0.717, 1.165) is 32.1 Å². The van der Waals surface area contributed by atoms with Gasteiger partial charge in [-0.3, -0.25) is 14.2 Å². The maximum atomic E-state index is 13.0. The van der Waals surface area contributed by atoms with Crippen molar-refractivity contribution >= 4 is 23.5 Å². The monoisotopic (exact) mass is 451 g/mol. The molecule has 11 heteroatoms. The van der Waals surface area contributed by atoms with Crippen molar-refractivity contribution in [2.45, 2.75) is 70.2 Å². The van der Waals surface area contributed by atoms with Gasteiger partial charge in [0.1, 0.15) is 0 Å². The van der Waals surface area contributed by atoms with E-state index in [-0.39, 0.29) is 41.3 Å². The van der Waals surface area contributed by atoms with E-state index in [4.69, 9.17) is 4.42 Å². The first kappa shape index (κ1) is 23.1. The first-order chi connectivity index (χ1) is 14.8. The molecule has 170 valence electrons. The summed E-state index contributed by atoms with van der Waals surface area (Å²) in [7, 11) is 0. The number of thioether (sulfide) groups is 1. The molecule has 1 aliphatic rings. The normalized spacial score (nSPS) is 15.8. The predicted molar refractivity (Wildman–Crippen MR) is 114 cm³/mol. The number of carbonyl (C=O) groups excluding carboxylic acids is 2. The number of aromatic nitrogens is 4. The summed E-state index contributed by atoms with van der Waals surface area (Å²) in [6.45, 7) is 4.21.